The zero-order valence-electron chi connectivity index (χ0n) is 18.6. The van der Waals surface area contributed by atoms with E-state index < -0.39 is 5.82 Å². The third-order valence-corrected chi connectivity index (χ3v) is 5.96. The van der Waals surface area contributed by atoms with Crippen LogP contribution in [-0.4, -0.2) is 61.8 Å². The van der Waals surface area contributed by atoms with Gasteiger partial charge >= 0.3 is 0 Å². The first kappa shape index (κ1) is 22.8. The molecule has 1 amide bonds. The number of ketones is 2. The highest BCUT2D eigenvalue weighted by Crippen LogP contribution is 2.31. The molecule has 2 aromatic rings. The lowest BCUT2D eigenvalue weighted by Gasteiger charge is -2.36. The van der Waals surface area contributed by atoms with E-state index in [1.54, 1.807) is 35.2 Å². The van der Waals surface area contributed by atoms with Gasteiger partial charge in [0.05, 0.1) is 18.9 Å². The summed E-state index contributed by atoms with van der Waals surface area (Å²) in [5.41, 5.74) is 1.27. The SMILES string of the molecule is CC(=O)c1ccc(N2CCN(C(=O)CCC(=O)c3ccc4c(c3)OCCCO4)CC2)c(F)c1. The van der Waals surface area contributed by atoms with Crippen LogP contribution in [-0.2, 0) is 4.79 Å². The molecule has 0 saturated carbocycles. The molecule has 2 aliphatic heterocycles. The van der Waals surface area contributed by atoms with Crippen molar-refractivity contribution in [2.75, 3.05) is 44.3 Å². The van der Waals surface area contributed by atoms with Gasteiger partial charge in [-0.05, 0) is 43.3 Å². The van der Waals surface area contributed by atoms with Gasteiger partial charge in [-0.2, -0.15) is 0 Å². The van der Waals surface area contributed by atoms with Crippen LogP contribution >= 0.6 is 0 Å². The van der Waals surface area contributed by atoms with Crippen molar-refractivity contribution in [2.24, 2.45) is 0 Å². The molecule has 0 aromatic heterocycles. The number of halogens is 1. The largest absolute Gasteiger partial charge is 0.490 e. The molecule has 33 heavy (non-hydrogen) atoms. The predicted molar refractivity (Wildman–Crippen MR) is 121 cm³/mol. The first-order chi connectivity index (χ1) is 15.9. The highest BCUT2D eigenvalue weighted by molar-refractivity contribution is 5.98. The fraction of sp³-hybridized carbons (Fsp3) is 0.400. The number of benzene rings is 2. The van der Waals surface area contributed by atoms with Crippen molar-refractivity contribution in [3.8, 4) is 11.5 Å². The Labute approximate surface area is 192 Å². The molecule has 0 radical (unpaired) electrons. The quantitative estimate of drug-likeness (QED) is 0.622. The predicted octanol–water partition coefficient (Wildman–Crippen LogP) is 3.50. The first-order valence-electron chi connectivity index (χ1n) is 11.2. The van der Waals surface area contributed by atoms with Crippen LogP contribution in [0.3, 0.4) is 0 Å². The average molecular weight is 454 g/mol. The monoisotopic (exact) mass is 454 g/mol. The van der Waals surface area contributed by atoms with Gasteiger partial charge in [-0.15, -0.1) is 0 Å². The second-order valence-electron chi connectivity index (χ2n) is 8.23. The number of carbonyl (C=O) groups excluding carboxylic acids is 3. The number of anilines is 1. The highest BCUT2D eigenvalue weighted by atomic mass is 19.1. The lowest BCUT2D eigenvalue weighted by Crippen LogP contribution is -2.49. The van der Waals surface area contributed by atoms with Gasteiger partial charge in [0, 0.05) is 56.6 Å². The Kier molecular flexibility index (Phi) is 6.91. The lowest BCUT2D eigenvalue weighted by atomic mass is 10.1. The minimum absolute atomic E-state index is 0.0928. The molecule has 7 nitrogen and oxygen atoms in total. The Balaban J connectivity index is 1.28. The Morgan fingerprint density at radius 2 is 1.58 bits per heavy atom. The zero-order chi connectivity index (χ0) is 23.4. The average Bonchev–Trinajstić information content (AvgIpc) is 3.07. The standard InChI is InChI=1S/C25H27FN2O5/c1-17(29)18-3-5-21(20(26)15-18)27-9-11-28(12-10-27)25(31)8-6-22(30)19-4-7-23-24(16-19)33-14-2-13-32-23/h3-5,7,15-16H,2,6,8-14H2,1H3. The zero-order valence-corrected chi connectivity index (χ0v) is 18.6. The van der Waals surface area contributed by atoms with E-state index in [2.05, 4.69) is 0 Å². The highest BCUT2D eigenvalue weighted by Gasteiger charge is 2.24. The van der Waals surface area contributed by atoms with Gasteiger partial charge in [-0.25, -0.2) is 4.39 Å². The van der Waals surface area contributed by atoms with E-state index in [0.717, 1.165) is 6.42 Å². The second-order valence-corrected chi connectivity index (χ2v) is 8.23. The second kappa shape index (κ2) is 10.0. The van der Waals surface area contributed by atoms with Crippen LogP contribution in [0, 0.1) is 5.82 Å². The minimum Gasteiger partial charge on any atom is -0.490 e. The van der Waals surface area contributed by atoms with Crippen LogP contribution in [0.2, 0.25) is 0 Å². The minimum atomic E-state index is -0.441. The van der Waals surface area contributed by atoms with Crippen LogP contribution in [0.5, 0.6) is 11.5 Å². The van der Waals surface area contributed by atoms with E-state index in [-0.39, 0.29) is 30.3 Å². The van der Waals surface area contributed by atoms with E-state index in [1.165, 1.54) is 13.0 Å². The van der Waals surface area contributed by atoms with E-state index in [9.17, 15) is 18.8 Å². The number of hydrogen-bond acceptors (Lipinski definition) is 6. The Hall–Kier alpha value is -3.42. The molecule has 2 heterocycles. The molecule has 174 valence electrons. The van der Waals surface area contributed by atoms with Crippen molar-refractivity contribution in [3.05, 3.63) is 53.3 Å². The van der Waals surface area contributed by atoms with E-state index in [0.29, 0.717) is 67.7 Å². The third kappa shape index (κ3) is 5.32. The Morgan fingerprint density at radius 1 is 0.879 bits per heavy atom. The summed E-state index contributed by atoms with van der Waals surface area (Å²) >= 11 is 0. The molecule has 1 saturated heterocycles. The van der Waals surface area contributed by atoms with Crippen LogP contribution in [0.1, 0.15) is 46.9 Å². The Bertz CT molecular complexity index is 1060. The summed E-state index contributed by atoms with van der Waals surface area (Å²) < 4.78 is 25.6. The van der Waals surface area contributed by atoms with Crippen molar-refractivity contribution in [2.45, 2.75) is 26.2 Å². The van der Waals surface area contributed by atoms with Gasteiger partial charge < -0.3 is 19.3 Å². The Morgan fingerprint density at radius 3 is 2.27 bits per heavy atom. The fourth-order valence-electron chi connectivity index (χ4n) is 4.04. The van der Waals surface area contributed by atoms with E-state index in [4.69, 9.17) is 9.47 Å². The van der Waals surface area contributed by atoms with Gasteiger partial charge in [0.25, 0.3) is 0 Å². The molecule has 0 aliphatic carbocycles. The summed E-state index contributed by atoms with van der Waals surface area (Å²) in [5, 5.41) is 0. The molecule has 2 aromatic carbocycles. The maximum absolute atomic E-state index is 14.4. The normalized spacial score (nSPS) is 15.7. The molecule has 0 unspecified atom stereocenters. The maximum atomic E-state index is 14.4. The molecular formula is C25H27FN2O5. The number of Topliss-reactive ketones (excluding diaryl/α,β-unsaturated/α-hetero) is 2. The summed E-state index contributed by atoms with van der Waals surface area (Å²) in [5.74, 6) is 0.352. The number of rotatable bonds is 6. The molecule has 0 bridgehead atoms. The molecule has 2 aliphatic rings. The van der Waals surface area contributed by atoms with Gasteiger partial charge in [0.2, 0.25) is 5.91 Å². The van der Waals surface area contributed by atoms with E-state index >= 15 is 0 Å². The molecule has 0 atom stereocenters. The molecule has 8 heteroatoms. The first-order valence-corrected chi connectivity index (χ1v) is 11.2. The third-order valence-electron chi connectivity index (χ3n) is 5.96. The van der Waals surface area contributed by atoms with Crippen molar-refractivity contribution >= 4 is 23.2 Å². The van der Waals surface area contributed by atoms with Crippen LogP contribution in [0.4, 0.5) is 10.1 Å². The lowest BCUT2D eigenvalue weighted by molar-refractivity contribution is -0.131. The summed E-state index contributed by atoms with van der Waals surface area (Å²) in [6, 6.07) is 9.58. The van der Waals surface area contributed by atoms with Gasteiger partial charge in [0.15, 0.2) is 23.1 Å². The molecule has 0 N–H and O–H groups in total. The maximum Gasteiger partial charge on any atom is 0.223 e. The van der Waals surface area contributed by atoms with Crippen LogP contribution in [0.25, 0.3) is 0 Å². The number of fused-ring (bicyclic) bond motifs is 1. The summed E-state index contributed by atoms with van der Waals surface area (Å²) in [6.45, 7) is 4.39. The van der Waals surface area contributed by atoms with Crippen molar-refractivity contribution in [1.82, 2.24) is 4.90 Å². The van der Waals surface area contributed by atoms with Gasteiger partial charge in [0.1, 0.15) is 5.82 Å². The topological polar surface area (TPSA) is 76.2 Å². The summed E-state index contributed by atoms with van der Waals surface area (Å²) in [4.78, 5) is 40.2. The number of hydrogen-bond donors (Lipinski definition) is 0. The summed E-state index contributed by atoms with van der Waals surface area (Å²) in [7, 11) is 0. The summed E-state index contributed by atoms with van der Waals surface area (Å²) in [6.07, 6.45) is 1.02. The molecule has 4 rings (SSSR count). The molecule has 1 fully saturated rings. The molecular weight excluding hydrogens is 427 g/mol. The number of piperazine rings is 1. The van der Waals surface area contributed by atoms with Crippen LogP contribution in [0.15, 0.2) is 36.4 Å². The van der Waals surface area contributed by atoms with Crippen molar-refractivity contribution in [3.63, 3.8) is 0 Å². The number of ether oxygens (including phenoxy) is 2. The van der Waals surface area contributed by atoms with E-state index in [1.807, 2.05) is 4.90 Å². The van der Waals surface area contributed by atoms with Crippen LogP contribution < -0.4 is 14.4 Å². The molecule has 0 spiro atoms. The number of carbonyl (C=O) groups is 3. The number of amides is 1. The van der Waals surface area contributed by atoms with Gasteiger partial charge in [-0.3, -0.25) is 14.4 Å². The van der Waals surface area contributed by atoms with Gasteiger partial charge in [-0.1, -0.05) is 0 Å². The van der Waals surface area contributed by atoms with Crippen molar-refractivity contribution in [1.29, 1.82) is 0 Å². The van der Waals surface area contributed by atoms with Crippen molar-refractivity contribution < 1.29 is 28.2 Å². The fourth-order valence-corrected chi connectivity index (χ4v) is 4.04. The smallest absolute Gasteiger partial charge is 0.223 e. The number of nitrogens with zero attached hydrogens (tertiary/aromatic N) is 2.